The molecule has 5 N–H and O–H groups in total. The van der Waals surface area contributed by atoms with E-state index in [-0.39, 0.29) is 43.8 Å². The molecule has 16 nitrogen and oxygen atoms in total. The van der Waals surface area contributed by atoms with E-state index in [0.29, 0.717) is 38.1 Å². The molecule has 1 aromatic heterocycles. The quantitative estimate of drug-likeness (QED) is 0.190. The van der Waals surface area contributed by atoms with E-state index in [9.17, 15) is 24.0 Å². The molecule has 16 heteroatoms. The van der Waals surface area contributed by atoms with Crippen molar-refractivity contribution >= 4 is 29.5 Å². The van der Waals surface area contributed by atoms with E-state index in [1.807, 2.05) is 44.2 Å². The molecular formula is C34H51N9O7. The second kappa shape index (κ2) is 18.5. The molecule has 2 aromatic rings. The Balaban J connectivity index is 1.65. The first-order chi connectivity index (χ1) is 24.0. The Morgan fingerprint density at radius 1 is 1.10 bits per heavy atom. The Kier molecular flexibility index (Phi) is 14.2. The molecule has 1 fully saturated rings. The van der Waals surface area contributed by atoms with Crippen molar-refractivity contribution in [1.29, 1.82) is 0 Å². The summed E-state index contributed by atoms with van der Waals surface area (Å²) in [4.78, 5) is 69.4. The molecule has 5 amide bonds. The standard InChI is InChI=1S/C34H51N9O7/c1-21(2)28(39-30(44)22(3)35-4)34(48)42-16-13-27-29(42)33(47)38-25(18-23-10-7-6-8-11-23)31(45)36-14-9-12-26(32(46)37-15-17-49-5)43-19-24(20-50-27)40-41-43/h6-8,10-11,19,21-22,25-29,35H,9,12-18,20H2,1-5H3,(H,36,45)(H,37,46)(H,38,47)(H,39,44)/t22-,25-,26-,27+,28-,29-/m0/s1. The molecule has 1 aromatic carbocycles. The number of amides is 5. The molecule has 0 spiro atoms. The van der Waals surface area contributed by atoms with Crippen molar-refractivity contribution in [3.8, 4) is 0 Å². The largest absolute Gasteiger partial charge is 0.383 e. The van der Waals surface area contributed by atoms with Gasteiger partial charge in [0.1, 0.15) is 29.9 Å². The van der Waals surface area contributed by atoms with Gasteiger partial charge in [0.2, 0.25) is 29.5 Å². The summed E-state index contributed by atoms with van der Waals surface area (Å²) in [6.45, 7) is 6.40. The van der Waals surface area contributed by atoms with Crippen molar-refractivity contribution in [3.63, 3.8) is 0 Å². The van der Waals surface area contributed by atoms with Gasteiger partial charge in [0.15, 0.2) is 0 Å². The van der Waals surface area contributed by atoms with Crippen molar-refractivity contribution in [2.24, 2.45) is 5.92 Å². The predicted octanol–water partition coefficient (Wildman–Crippen LogP) is -0.546. The molecule has 6 atom stereocenters. The Bertz CT molecular complexity index is 1450. The van der Waals surface area contributed by atoms with Crippen molar-refractivity contribution < 1.29 is 33.4 Å². The van der Waals surface area contributed by atoms with Gasteiger partial charge >= 0.3 is 0 Å². The minimum absolute atomic E-state index is 0.0353. The third-order valence-corrected chi connectivity index (χ3v) is 9.05. The Labute approximate surface area is 292 Å². The van der Waals surface area contributed by atoms with Crippen LogP contribution in [-0.2, 0) is 46.5 Å². The highest BCUT2D eigenvalue weighted by Crippen LogP contribution is 2.25. The van der Waals surface area contributed by atoms with Gasteiger partial charge in [0.05, 0.1) is 31.6 Å². The Morgan fingerprint density at radius 2 is 1.86 bits per heavy atom. The van der Waals surface area contributed by atoms with Crippen molar-refractivity contribution in [2.45, 2.75) is 89.4 Å². The molecule has 0 aliphatic carbocycles. The van der Waals surface area contributed by atoms with Gasteiger partial charge in [-0.25, -0.2) is 4.68 Å². The number of hydrogen-bond donors (Lipinski definition) is 5. The second-order valence-electron chi connectivity index (χ2n) is 13.0. The average Bonchev–Trinajstić information content (AvgIpc) is 3.76. The fourth-order valence-corrected chi connectivity index (χ4v) is 6.05. The van der Waals surface area contributed by atoms with Gasteiger partial charge in [-0.05, 0) is 44.7 Å². The van der Waals surface area contributed by atoms with Crippen LogP contribution in [-0.4, -0.2) is 120 Å². The number of nitrogens with zero attached hydrogens (tertiary/aromatic N) is 4. The molecule has 4 rings (SSSR count). The third kappa shape index (κ3) is 10.1. The first-order valence-corrected chi connectivity index (χ1v) is 17.2. The Hall–Kier alpha value is -4.41. The van der Waals surface area contributed by atoms with Crippen LogP contribution in [0, 0.1) is 5.92 Å². The summed E-state index contributed by atoms with van der Waals surface area (Å²) in [5, 5.41) is 22.8. The van der Waals surface area contributed by atoms with E-state index in [1.54, 1.807) is 27.3 Å². The normalized spacial score (nSPS) is 23.0. The zero-order chi connectivity index (χ0) is 36.2. The number of rotatable bonds is 11. The fraction of sp³-hybridized carbons (Fsp3) is 0.618. The van der Waals surface area contributed by atoms with E-state index < -0.39 is 54.0 Å². The molecule has 2 bridgehead atoms. The van der Waals surface area contributed by atoms with Crippen LogP contribution in [0.1, 0.15) is 57.3 Å². The molecule has 3 heterocycles. The number of nitrogens with one attached hydrogen (secondary N) is 5. The van der Waals surface area contributed by atoms with Gasteiger partial charge < -0.3 is 41.0 Å². The topological polar surface area (TPSA) is 198 Å². The smallest absolute Gasteiger partial charge is 0.246 e. The van der Waals surface area contributed by atoms with Crippen molar-refractivity contribution in [3.05, 3.63) is 47.8 Å². The zero-order valence-corrected chi connectivity index (χ0v) is 29.5. The number of benzene rings is 1. The molecule has 2 aliphatic heterocycles. The van der Waals surface area contributed by atoms with Crippen LogP contribution in [0.4, 0.5) is 0 Å². The lowest BCUT2D eigenvalue weighted by atomic mass is 10.0. The van der Waals surface area contributed by atoms with E-state index in [1.165, 1.54) is 9.58 Å². The van der Waals surface area contributed by atoms with E-state index in [0.717, 1.165) is 5.56 Å². The van der Waals surface area contributed by atoms with Crippen molar-refractivity contribution in [2.75, 3.05) is 40.4 Å². The van der Waals surface area contributed by atoms with Crippen LogP contribution >= 0.6 is 0 Å². The van der Waals surface area contributed by atoms with Gasteiger partial charge in [-0.2, -0.15) is 0 Å². The molecule has 50 heavy (non-hydrogen) atoms. The van der Waals surface area contributed by atoms with Gasteiger partial charge in [-0.1, -0.05) is 49.4 Å². The minimum Gasteiger partial charge on any atom is -0.383 e. The molecule has 1 saturated heterocycles. The van der Waals surface area contributed by atoms with Crippen LogP contribution in [0.3, 0.4) is 0 Å². The Morgan fingerprint density at radius 3 is 2.56 bits per heavy atom. The predicted molar refractivity (Wildman–Crippen MR) is 182 cm³/mol. The minimum atomic E-state index is -1.10. The fourth-order valence-electron chi connectivity index (χ4n) is 6.05. The lowest BCUT2D eigenvalue weighted by Crippen LogP contribution is -2.60. The van der Waals surface area contributed by atoms with Crippen molar-refractivity contribution in [1.82, 2.24) is 46.5 Å². The number of likely N-dealkylation sites (tertiary alicyclic amines) is 1. The lowest BCUT2D eigenvalue weighted by molar-refractivity contribution is -0.146. The molecule has 0 radical (unpaired) electrons. The number of aromatic nitrogens is 3. The number of methoxy groups -OCH3 is 1. The molecule has 0 saturated carbocycles. The number of likely N-dealkylation sites (N-methyl/N-ethyl adjacent to an activating group) is 1. The summed E-state index contributed by atoms with van der Waals surface area (Å²) < 4.78 is 12.8. The van der Waals surface area contributed by atoms with E-state index in [4.69, 9.17) is 9.47 Å². The highest BCUT2D eigenvalue weighted by Gasteiger charge is 2.46. The highest BCUT2D eigenvalue weighted by atomic mass is 16.5. The summed E-state index contributed by atoms with van der Waals surface area (Å²) in [6.07, 6.45) is 2.20. The first-order valence-electron chi connectivity index (χ1n) is 17.2. The first kappa shape index (κ1) is 38.4. The van der Waals surface area contributed by atoms with Gasteiger partial charge in [-0.3, -0.25) is 24.0 Å². The number of hydrogen-bond acceptors (Lipinski definition) is 10. The summed E-state index contributed by atoms with van der Waals surface area (Å²) in [6, 6.07) is 5.12. The van der Waals surface area contributed by atoms with E-state index in [2.05, 4.69) is 36.9 Å². The van der Waals surface area contributed by atoms with Crippen LogP contribution in [0.5, 0.6) is 0 Å². The zero-order valence-electron chi connectivity index (χ0n) is 29.5. The van der Waals surface area contributed by atoms with Crippen LogP contribution < -0.4 is 26.6 Å². The number of carbonyl (C=O) groups is 5. The third-order valence-electron chi connectivity index (χ3n) is 9.05. The average molecular weight is 698 g/mol. The second-order valence-corrected chi connectivity index (χ2v) is 13.0. The molecule has 274 valence electrons. The molecule has 0 unspecified atom stereocenters. The molecule has 2 aliphatic rings. The van der Waals surface area contributed by atoms with Gasteiger partial charge in [0.25, 0.3) is 0 Å². The van der Waals surface area contributed by atoms with Gasteiger partial charge in [0, 0.05) is 33.2 Å². The summed E-state index contributed by atoms with van der Waals surface area (Å²) in [5.74, 6) is -2.26. The summed E-state index contributed by atoms with van der Waals surface area (Å²) in [5.41, 5.74) is 1.28. The summed E-state index contributed by atoms with van der Waals surface area (Å²) >= 11 is 0. The monoisotopic (exact) mass is 697 g/mol. The number of ether oxygens (including phenoxy) is 2. The molecular weight excluding hydrogens is 646 g/mol. The number of fused-ring (bicyclic) bond motifs is 3. The van der Waals surface area contributed by atoms with Crippen LogP contribution in [0.15, 0.2) is 36.5 Å². The lowest BCUT2D eigenvalue weighted by Gasteiger charge is -2.33. The van der Waals surface area contributed by atoms with Crippen LogP contribution in [0.2, 0.25) is 0 Å². The summed E-state index contributed by atoms with van der Waals surface area (Å²) in [7, 11) is 3.20. The van der Waals surface area contributed by atoms with E-state index >= 15 is 0 Å². The van der Waals surface area contributed by atoms with Gasteiger partial charge in [-0.15, -0.1) is 5.10 Å². The highest BCUT2D eigenvalue weighted by molar-refractivity contribution is 5.95. The number of carbonyl (C=O) groups excluding carboxylic acids is 5. The SMILES string of the molecule is CN[C@@H](C)C(=O)N[C@H](C(=O)N1CC[C@H]2OCc3cn(nn3)[C@H](C(=O)NCCOC)CCCNC(=O)[C@H](Cc3ccccc3)NC(=O)[C@H]21)C(C)C. The van der Waals surface area contributed by atoms with Crippen LogP contribution in [0.25, 0.3) is 0 Å². The maximum Gasteiger partial charge on any atom is 0.246 e. The maximum absolute atomic E-state index is 14.2. The maximum atomic E-state index is 14.2.